The van der Waals surface area contributed by atoms with E-state index in [0.29, 0.717) is 19.6 Å². The minimum atomic E-state index is -0.738. The third kappa shape index (κ3) is 4.82. The summed E-state index contributed by atoms with van der Waals surface area (Å²) in [6, 6.07) is 13.6. The van der Waals surface area contributed by atoms with Gasteiger partial charge >= 0.3 is 5.97 Å². The molecule has 2 aromatic carbocycles. The Balaban J connectivity index is 2.05. The summed E-state index contributed by atoms with van der Waals surface area (Å²) in [4.78, 5) is 13.9. The molecule has 3 rings (SSSR count). The van der Waals surface area contributed by atoms with Crippen LogP contribution in [0.4, 0.5) is 0 Å². The summed E-state index contributed by atoms with van der Waals surface area (Å²) in [7, 11) is 3.29. The molecule has 0 radical (unpaired) electrons. The maximum Gasteiger partial charge on any atom is 0.307 e. The van der Waals surface area contributed by atoms with E-state index in [-0.39, 0.29) is 12.0 Å². The fraction of sp³-hybridized carbons (Fsp3) is 0.435. The highest BCUT2D eigenvalue weighted by molar-refractivity contribution is 5.70. The van der Waals surface area contributed by atoms with Crippen molar-refractivity contribution in [2.24, 2.45) is 5.92 Å². The van der Waals surface area contributed by atoms with E-state index in [4.69, 9.17) is 14.2 Å². The number of rotatable bonds is 8. The minimum absolute atomic E-state index is 0.141. The number of hydrogen-bond donors (Lipinski definition) is 1. The van der Waals surface area contributed by atoms with Gasteiger partial charge in [-0.15, -0.1) is 0 Å². The van der Waals surface area contributed by atoms with Gasteiger partial charge in [-0.25, -0.2) is 0 Å². The molecule has 0 bridgehead atoms. The zero-order valence-corrected chi connectivity index (χ0v) is 17.3. The second kappa shape index (κ2) is 9.65. The predicted molar refractivity (Wildman–Crippen MR) is 111 cm³/mol. The van der Waals surface area contributed by atoms with Gasteiger partial charge in [0.05, 0.1) is 32.8 Å². The molecule has 1 aliphatic heterocycles. The number of aliphatic carboxylic acids is 1. The lowest BCUT2D eigenvalue weighted by Gasteiger charge is -2.38. The summed E-state index contributed by atoms with van der Waals surface area (Å²) >= 11 is 0. The first-order valence-corrected chi connectivity index (χ1v) is 9.98. The van der Waals surface area contributed by atoms with Crippen molar-refractivity contribution in [2.45, 2.75) is 25.8 Å². The summed E-state index contributed by atoms with van der Waals surface area (Å²) < 4.78 is 16.7. The molecule has 2 aromatic rings. The predicted octanol–water partition coefficient (Wildman–Crippen LogP) is 3.99. The molecule has 0 aromatic heterocycles. The van der Waals surface area contributed by atoms with E-state index < -0.39 is 5.97 Å². The molecule has 1 N–H and O–H groups in total. The molecular weight excluding hydrogens is 370 g/mol. The van der Waals surface area contributed by atoms with E-state index in [9.17, 15) is 9.90 Å². The summed E-state index contributed by atoms with van der Waals surface area (Å²) in [5.74, 6) is 1.20. The van der Waals surface area contributed by atoms with Crippen molar-refractivity contribution >= 4 is 5.97 Å². The van der Waals surface area contributed by atoms with Crippen molar-refractivity contribution in [1.29, 1.82) is 0 Å². The molecule has 2 atom stereocenters. The number of carboxylic acid groups (broad SMARTS) is 1. The molecule has 29 heavy (non-hydrogen) atoms. The molecule has 1 fully saturated rings. The van der Waals surface area contributed by atoms with Crippen LogP contribution in [0.3, 0.4) is 0 Å². The molecule has 1 aliphatic rings. The van der Waals surface area contributed by atoms with Crippen molar-refractivity contribution in [3.63, 3.8) is 0 Å². The fourth-order valence-electron chi connectivity index (χ4n) is 4.00. The lowest BCUT2D eigenvalue weighted by atomic mass is 9.91. The highest BCUT2D eigenvalue weighted by Gasteiger charge is 2.32. The number of nitrogens with zero attached hydrogens (tertiary/aromatic N) is 1. The van der Waals surface area contributed by atoms with E-state index in [1.54, 1.807) is 14.2 Å². The van der Waals surface area contributed by atoms with Crippen LogP contribution in [0.2, 0.25) is 0 Å². The third-order valence-electron chi connectivity index (χ3n) is 5.41. The van der Waals surface area contributed by atoms with E-state index in [1.165, 1.54) is 0 Å². The molecule has 156 valence electrons. The number of piperidine rings is 1. The molecule has 2 unspecified atom stereocenters. The van der Waals surface area contributed by atoms with Crippen molar-refractivity contribution in [3.05, 3.63) is 53.6 Å². The van der Waals surface area contributed by atoms with Gasteiger partial charge in [-0.3, -0.25) is 9.69 Å². The second-order valence-electron chi connectivity index (χ2n) is 7.18. The van der Waals surface area contributed by atoms with Crippen LogP contribution in [-0.2, 0) is 4.79 Å². The molecule has 0 aliphatic carbocycles. The zero-order valence-electron chi connectivity index (χ0n) is 17.3. The SMILES string of the molecule is CCOc1ccc(C(c2cc(OC)ccc2OC)N2CCCC(C(=O)O)C2)cc1. The van der Waals surface area contributed by atoms with Crippen LogP contribution in [0, 0.1) is 5.92 Å². The number of methoxy groups -OCH3 is 2. The summed E-state index contributed by atoms with van der Waals surface area (Å²) in [5.41, 5.74) is 2.02. The van der Waals surface area contributed by atoms with Gasteiger partial charge in [0.2, 0.25) is 0 Å². The van der Waals surface area contributed by atoms with Crippen LogP contribution in [0.15, 0.2) is 42.5 Å². The van der Waals surface area contributed by atoms with Gasteiger partial charge in [0.15, 0.2) is 0 Å². The Kier molecular flexibility index (Phi) is 6.99. The lowest BCUT2D eigenvalue weighted by Crippen LogP contribution is -2.41. The summed E-state index contributed by atoms with van der Waals surface area (Å²) in [5, 5.41) is 9.57. The topological polar surface area (TPSA) is 68.2 Å². The van der Waals surface area contributed by atoms with Crippen molar-refractivity contribution in [3.8, 4) is 17.2 Å². The number of benzene rings is 2. The Morgan fingerprint density at radius 1 is 1.14 bits per heavy atom. The first-order chi connectivity index (χ1) is 14.1. The Hall–Kier alpha value is -2.73. The van der Waals surface area contributed by atoms with Crippen LogP contribution in [0.1, 0.15) is 36.9 Å². The van der Waals surface area contributed by atoms with E-state index >= 15 is 0 Å². The molecule has 1 heterocycles. The van der Waals surface area contributed by atoms with Gasteiger partial charge < -0.3 is 19.3 Å². The van der Waals surface area contributed by atoms with Crippen LogP contribution >= 0.6 is 0 Å². The molecule has 0 amide bonds. The van der Waals surface area contributed by atoms with Crippen LogP contribution in [-0.4, -0.2) is 49.9 Å². The standard InChI is InChI=1S/C23H29NO5/c1-4-29-18-9-7-16(8-10-18)22(24-13-5-6-17(15-24)23(25)26)20-14-19(27-2)11-12-21(20)28-3/h7-12,14,17,22H,4-6,13,15H2,1-3H3,(H,25,26). The van der Waals surface area contributed by atoms with Gasteiger partial charge in [-0.1, -0.05) is 12.1 Å². The van der Waals surface area contributed by atoms with E-state index in [0.717, 1.165) is 41.3 Å². The Morgan fingerprint density at radius 2 is 1.86 bits per heavy atom. The maximum absolute atomic E-state index is 11.6. The molecular formula is C23H29NO5. The monoisotopic (exact) mass is 399 g/mol. The number of hydrogen-bond acceptors (Lipinski definition) is 5. The number of ether oxygens (including phenoxy) is 3. The van der Waals surface area contributed by atoms with Crippen LogP contribution in [0.25, 0.3) is 0 Å². The molecule has 0 saturated carbocycles. The minimum Gasteiger partial charge on any atom is -0.497 e. The third-order valence-corrected chi connectivity index (χ3v) is 5.41. The highest BCUT2D eigenvalue weighted by atomic mass is 16.5. The van der Waals surface area contributed by atoms with Gasteiger partial charge in [-0.05, 0) is 62.2 Å². The normalized spacial score (nSPS) is 18.1. The first-order valence-electron chi connectivity index (χ1n) is 9.98. The average Bonchev–Trinajstić information content (AvgIpc) is 2.75. The number of likely N-dealkylation sites (tertiary alicyclic amines) is 1. The molecule has 6 heteroatoms. The van der Waals surface area contributed by atoms with Crippen LogP contribution in [0.5, 0.6) is 17.2 Å². The van der Waals surface area contributed by atoms with Crippen LogP contribution < -0.4 is 14.2 Å². The number of carboxylic acids is 1. The van der Waals surface area contributed by atoms with Crippen molar-refractivity contribution < 1.29 is 24.1 Å². The molecule has 1 saturated heterocycles. The van der Waals surface area contributed by atoms with Crippen molar-refractivity contribution in [1.82, 2.24) is 4.90 Å². The number of carbonyl (C=O) groups is 1. The molecule has 0 spiro atoms. The van der Waals surface area contributed by atoms with Gasteiger partial charge in [-0.2, -0.15) is 0 Å². The van der Waals surface area contributed by atoms with Gasteiger partial charge in [0.1, 0.15) is 17.2 Å². The van der Waals surface area contributed by atoms with Gasteiger partial charge in [0.25, 0.3) is 0 Å². The lowest BCUT2D eigenvalue weighted by molar-refractivity contribution is -0.143. The summed E-state index contributed by atoms with van der Waals surface area (Å²) in [6.45, 7) is 3.88. The Bertz CT molecular complexity index is 821. The first kappa shape index (κ1) is 21.0. The molecule has 6 nitrogen and oxygen atoms in total. The second-order valence-corrected chi connectivity index (χ2v) is 7.18. The fourth-order valence-corrected chi connectivity index (χ4v) is 4.00. The smallest absolute Gasteiger partial charge is 0.307 e. The summed E-state index contributed by atoms with van der Waals surface area (Å²) in [6.07, 6.45) is 1.55. The average molecular weight is 399 g/mol. The van der Waals surface area contributed by atoms with E-state index in [2.05, 4.69) is 4.90 Å². The van der Waals surface area contributed by atoms with Crippen molar-refractivity contribution in [2.75, 3.05) is 33.9 Å². The Morgan fingerprint density at radius 3 is 2.48 bits per heavy atom. The zero-order chi connectivity index (χ0) is 20.8. The largest absolute Gasteiger partial charge is 0.497 e. The quantitative estimate of drug-likeness (QED) is 0.724. The van der Waals surface area contributed by atoms with Gasteiger partial charge in [0, 0.05) is 12.1 Å². The maximum atomic E-state index is 11.6. The highest BCUT2D eigenvalue weighted by Crippen LogP contribution is 2.39. The Labute approximate surface area is 172 Å². The van der Waals surface area contributed by atoms with E-state index in [1.807, 2.05) is 49.4 Å².